The van der Waals surface area contributed by atoms with Crippen molar-refractivity contribution >= 4 is 11.9 Å². The van der Waals surface area contributed by atoms with Crippen LogP contribution in [0.5, 0.6) is 5.75 Å². The van der Waals surface area contributed by atoms with Crippen molar-refractivity contribution in [2.45, 2.75) is 58.4 Å². The number of piperidine rings is 1. The van der Waals surface area contributed by atoms with E-state index < -0.39 is 0 Å². The molecule has 2 aromatic rings. The van der Waals surface area contributed by atoms with Gasteiger partial charge in [-0.25, -0.2) is 0 Å². The third-order valence-corrected chi connectivity index (χ3v) is 6.51. The lowest BCUT2D eigenvalue weighted by atomic mass is 9.92. The number of aryl methyl sites for hydroxylation is 1. The maximum Gasteiger partial charge on any atom is 0.266 e. The molecule has 3 rings (SSSR count). The molecule has 0 spiro atoms. The van der Waals surface area contributed by atoms with Crippen LogP contribution in [0.3, 0.4) is 0 Å². The summed E-state index contributed by atoms with van der Waals surface area (Å²) < 4.78 is 11.4. The summed E-state index contributed by atoms with van der Waals surface area (Å²) in [5.41, 5.74) is 1.46. The molecule has 2 heterocycles. The lowest BCUT2D eigenvalue weighted by Gasteiger charge is -2.30. The number of benzene rings is 1. The van der Waals surface area contributed by atoms with E-state index >= 15 is 0 Å². The van der Waals surface area contributed by atoms with E-state index in [9.17, 15) is 4.79 Å². The van der Waals surface area contributed by atoms with Crippen molar-refractivity contribution in [3.63, 3.8) is 0 Å². The summed E-state index contributed by atoms with van der Waals surface area (Å²) in [7, 11) is 4.09. The molecular weight excluding hydrogens is 446 g/mol. The molecule has 1 aromatic heterocycles. The molecule has 1 amide bonds. The molecule has 2 N–H and O–H groups in total. The first-order chi connectivity index (χ1) is 16.8. The number of hydrogen-bond donors (Lipinski definition) is 2. The Morgan fingerprint density at radius 3 is 2.71 bits per heavy atom. The molecule has 9 nitrogen and oxygen atoms in total. The summed E-state index contributed by atoms with van der Waals surface area (Å²) in [5.74, 6) is 2.91. The summed E-state index contributed by atoms with van der Waals surface area (Å²) in [4.78, 5) is 21.3. The van der Waals surface area contributed by atoms with Crippen molar-refractivity contribution in [1.29, 1.82) is 0 Å². The van der Waals surface area contributed by atoms with Crippen LogP contribution in [0.15, 0.2) is 22.7 Å². The zero-order valence-corrected chi connectivity index (χ0v) is 21.8. The number of carbonyl (C=O) groups is 1. The minimum atomic E-state index is -0.272. The Kier molecular flexibility index (Phi) is 9.92. The molecular formula is C26H41N5O4. The second kappa shape index (κ2) is 12.9. The summed E-state index contributed by atoms with van der Waals surface area (Å²) >= 11 is 0. The number of likely N-dealkylation sites (N-methyl/N-ethyl adjacent to an activating group) is 1. The van der Waals surface area contributed by atoms with Crippen LogP contribution < -0.4 is 15.0 Å². The second-order valence-electron chi connectivity index (χ2n) is 10.1. The van der Waals surface area contributed by atoms with Crippen LogP contribution in [0.25, 0.3) is 0 Å². The van der Waals surface area contributed by atoms with Gasteiger partial charge in [0.25, 0.3) is 11.9 Å². The SMILES string of the molecule is Cc1cc(OCCCC2CCN(c3noc(C(C)CN(C)C)n3)CC2)ccc1C(=O)NC(C)CO. The molecule has 1 aromatic carbocycles. The van der Waals surface area contributed by atoms with Gasteiger partial charge in [0.15, 0.2) is 0 Å². The Morgan fingerprint density at radius 2 is 2.06 bits per heavy atom. The first-order valence-electron chi connectivity index (χ1n) is 12.6. The standard InChI is InChI=1S/C26H41N5O4/c1-18-15-22(8-9-23(18)24(33)27-20(3)17-32)34-14-6-7-21-10-12-31(13-11-21)26-28-25(35-29-26)19(2)16-30(4)5/h8-9,15,19-21,32H,6-7,10-14,16-17H2,1-5H3,(H,27,33). The van der Waals surface area contributed by atoms with Crippen LogP contribution >= 0.6 is 0 Å². The monoisotopic (exact) mass is 487 g/mol. The summed E-state index contributed by atoms with van der Waals surface area (Å²) in [6, 6.07) is 5.24. The fraction of sp³-hybridized carbons (Fsp3) is 0.654. The van der Waals surface area contributed by atoms with Crippen molar-refractivity contribution in [3.8, 4) is 5.75 Å². The van der Waals surface area contributed by atoms with Crippen molar-refractivity contribution in [3.05, 3.63) is 35.2 Å². The molecule has 1 saturated heterocycles. The Bertz CT molecular complexity index is 940. The van der Waals surface area contributed by atoms with E-state index in [0.29, 0.717) is 29.9 Å². The fourth-order valence-electron chi connectivity index (χ4n) is 4.49. The molecule has 194 valence electrons. The number of aliphatic hydroxyl groups is 1. The van der Waals surface area contributed by atoms with Crippen molar-refractivity contribution in [1.82, 2.24) is 20.4 Å². The Hall–Kier alpha value is -2.65. The average Bonchev–Trinajstić information content (AvgIpc) is 3.32. The number of nitrogens with one attached hydrogen (secondary N) is 1. The van der Waals surface area contributed by atoms with Gasteiger partial charge in [0.1, 0.15) is 5.75 Å². The minimum absolute atomic E-state index is 0.0840. The number of ether oxygens (including phenoxy) is 1. The molecule has 9 heteroatoms. The largest absolute Gasteiger partial charge is 0.494 e. The van der Waals surface area contributed by atoms with Gasteiger partial charge in [0, 0.05) is 37.2 Å². The molecule has 35 heavy (non-hydrogen) atoms. The molecule has 1 fully saturated rings. The van der Waals surface area contributed by atoms with Gasteiger partial charge >= 0.3 is 0 Å². The number of nitrogens with zero attached hydrogens (tertiary/aromatic N) is 4. The highest BCUT2D eigenvalue weighted by molar-refractivity contribution is 5.95. The van der Waals surface area contributed by atoms with Crippen LogP contribution in [0.1, 0.15) is 67.3 Å². The van der Waals surface area contributed by atoms with E-state index in [2.05, 4.69) is 32.2 Å². The lowest BCUT2D eigenvalue weighted by molar-refractivity contribution is 0.0921. The maximum atomic E-state index is 12.3. The number of rotatable bonds is 12. The quantitative estimate of drug-likeness (QED) is 0.440. The highest BCUT2D eigenvalue weighted by Crippen LogP contribution is 2.26. The number of carbonyl (C=O) groups excluding carboxylic acids is 1. The third-order valence-electron chi connectivity index (χ3n) is 6.51. The average molecular weight is 488 g/mol. The Morgan fingerprint density at radius 1 is 1.31 bits per heavy atom. The van der Waals surface area contributed by atoms with E-state index in [4.69, 9.17) is 14.4 Å². The zero-order chi connectivity index (χ0) is 25.4. The molecule has 0 radical (unpaired) electrons. The molecule has 1 aliphatic heterocycles. The van der Waals surface area contributed by atoms with Crippen molar-refractivity contribution < 1.29 is 19.2 Å². The van der Waals surface area contributed by atoms with Crippen molar-refractivity contribution in [2.24, 2.45) is 5.92 Å². The summed E-state index contributed by atoms with van der Waals surface area (Å²) in [6.45, 7) is 9.13. The zero-order valence-electron chi connectivity index (χ0n) is 21.8. The second-order valence-corrected chi connectivity index (χ2v) is 10.1. The predicted molar refractivity (Wildman–Crippen MR) is 136 cm³/mol. The number of amides is 1. The van der Waals surface area contributed by atoms with Gasteiger partial charge in [0.05, 0.1) is 13.2 Å². The highest BCUT2D eigenvalue weighted by Gasteiger charge is 2.24. The molecule has 2 atom stereocenters. The molecule has 0 aliphatic carbocycles. The Labute approximate surface area is 208 Å². The number of aromatic nitrogens is 2. The van der Waals surface area contributed by atoms with Crippen LogP contribution in [0.4, 0.5) is 5.95 Å². The normalized spacial score (nSPS) is 16.4. The van der Waals surface area contributed by atoms with Crippen LogP contribution in [0.2, 0.25) is 0 Å². The topological polar surface area (TPSA) is 104 Å². The third kappa shape index (κ3) is 7.93. The van der Waals surface area contributed by atoms with E-state index in [1.54, 1.807) is 13.0 Å². The maximum absolute atomic E-state index is 12.3. The van der Waals surface area contributed by atoms with E-state index in [1.807, 2.05) is 33.2 Å². The minimum Gasteiger partial charge on any atom is -0.494 e. The molecule has 0 saturated carbocycles. The summed E-state index contributed by atoms with van der Waals surface area (Å²) in [6.07, 6.45) is 4.36. The van der Waals surface area contributed by atoms with Gasteiger partial charge in [-0.15, -0.1) is 0 Å². The highest BCUT2D eigenvalue weighted by atomic mass is 16.5. The van der Waals surface area contributed by atoms with E-state index in [1.165, 1.54) is 0 Å². The van der Waals surface area contributed by atoms with Gasteiger partial charge in [-0.2, -0.15) is 4.98 Å². The molecule has 2 unspecified atom stereocenters. The van der Waals surface area contributed by atoms with Gasteiger partial charge in [-0.3, -0.25) is 4.79 Å². The number of hydrogen-bond acceptors (Lipinski definition) is 8. The van der Waals surface area contributed by atoms with Gasteiger partial charge in [0.2, 0.25) is 5.89 Å². The van der Waals surface area contributed by atoms with E-state index in [-0.39, 0.29) is 24.5 Å². The first kappa shape index (κ1) is 26.9. The van der Waals surface area contributed by atoms with E-state index in [0.717, 1.165) is 56.6 Å². The van der Waals surface area contributed by atoms with Gasteiger partial charge < -0.3 is 29.5 Å². The van der Waals surface area contributed by atoms with Crippen LogP contribution in [-0.4, -0.2) is 79.0 Å². The van der Waals surface area contributed by atoms with Gasteiger partial charge in [-0.1, -0.05) is 6.92 Å². The lowest BCUT2D eigenvalue weighted by Crippen LogP contribution is -2.35. The predicted octanol–water partition coefficient (Wildman–Crippen LogP) is 3.23. The molecule has 1 aliphatic rings. The fourth-order valence-corrected chi connectivity index (χ4v) is 4.49. The van der Waals surface area contributed by atoms with Crippen molar-refractivity contribution in [2.75, 3.05) is 51.8 Å². The summed E-state index contributed by atoms with van der Waals surface area (Å²) in [5, 5.41) is 16.1. The number of aliphatic hydroxyl groups excluding tert-OH is 1. The first-order valence-corrected chi connectivity index (χ1v) is 12.6. The van der Waals surface area contributed by atoms with Gasteiger partial charge in [-0.05, 0) is 88.5 Å². The molecule has 0 bridgehead atoms. The Balaban J connectivity index is 1.37. The smallest absolute Gasteiger partial charge is 0.266 e. The van der Waals surface area contributed by atoms with Crippen LogP contribution in [-0.2, 0) is 0 Å². The van der Waals surface area contributed by atoms with Crippen LogP contribution in [0, 0.1) is 12.8 Å². The number of anilines is 1.